The van der Waals surface area contributed by atoms with Crippen LogP contribution >= 0.6 is 0 Å². The smallest absolute Gasteiger partial charge is 0.238 e. The minimum atomic E-state index is -0.117. The summed E-state index contributed by atoms with van der Waals surface area (Å²) in [6.07, 6.45) is 0. The van der Waals surface area contributed by atoms with Gasteiger partial charge in [-0.25, -0.2) is 19.9 Å². The molecule has 0 fully saturated rings. The minimum Gasteiger partial charge on any atom is -0.278 e. The molecular weight excluding hydrogens is 1040 g/mol. The van der Waals surface area contributed by atoms with Crippen LogP contribution in [0.15, 0.2) is 164 Å². The number of fused-ring (bicyclic) bond motifs is 3. The van der Waals surface area contributed by atoms with Crippen LogP contribution in [0.25, 0.3) is 140 Å². The second-order valence-electron chi connectivity index (χ2n) is 21.2. The van der Waals surface area contributed by atoms with Gasteiger partial charge >= 0.3 is 0 Å². The zero-order valence-corrected chi connectivity index (χ0v) is 46.3. The van der Waals surface area contributed by atoms with Gasteiger partial charge < -0.3 is 0 Å². The van der Waals surface area contributed by atoms with Crippen LogP contribution in [-0.2, 0) is 0 Å². The first-order valence-corrected chi connectivity index (χ1v) is 27.3. The molecule has 0 N–H and O–H groups in total. The van der Waals surface area contributed by atoms with Crippen LogP contribution in [0.4, 0.5) is 0 Å². The highest BCUT2D eigenvalue weighted by atomic mass is 15.2. The third-order valence-corrected chi connectivity index (χ3v) is 16.4. The molecule has 0 spiro atoms. The normalized spacial score (nSPS) is 11.6. The fourth-order valence-corrected chi connectivity index (χ4v) is 11.9. The maximum atomic E-state index is 7.22. The highest BCUT2D eigenvalue weighted by Gasteiger charge is 2.29. The lowest BCUT2D eigenvalue weighted by Gasteiger charge is -2.28. The van der Waals surface area contributed by atoms with E-state index in [0.717, 1.165) is 76.7 Å². The topological polar surface area (TPSA) is 82.3 Å². The van der Waals surface area contributed by atoms with Crippen molar-refractivity contribution in [3.8, 4) is 96.3 Å². The van der Waals surface area contributed by atoms with Crippen LogP contribution in [0.3, 0.4) is 0 Å². The summed E-state index contributed by atoms with van der Waals surface area (Å²) in [7, 11) is 93.2. The van der Waals surface area contributed by atoms with E-state index in [2.05, 4.69) is 71.3 Å². The van der Waals surface area contributed by atoms with Gasteiger partial charge in [-0.05, 0) is 79.9 Å². The van der Waals surface area contributed by atoms with Gasteiger partial charge in [0.15, 0.2) is 29.1 Å². The van der Waals surface area contributed by atoms with Crippen LogP contribution in [0.2, 0.25) is 0 Å². The number of rotatable bonds is 9. The van der Waals surface area contributed by atoms with Gasteiger partial charge in [0.2, 0.25) is 5.95 Å². The summed E-state index contributed by atoms with van der Waals surface area (Å²) in [6, 6.07) is 54.9. The Kier molecular flexibility index (Phi) is 13.7. The van der Waals surface area contributed by atoms with Crippen molar-refractivity contribution >= 4 is 230 Å². The number of hydrogen-bond acceptors (Lipinski definition) is 6. The third kappa shape index (κ3) is 8.85. The predicted octanol–water partition coefficient (Wildman–Crippen LogP) is -0.653. The van der Waals surface area contributed by atoms with Gasteiger partial charge in [0, 0.05) is 44.0 Å². The molecule has 368 valence electrons. The average Bonchev–Trinajstić information content (AvgIpc) is 1.60. The van der Waals surface area contributed by atoms with Gasteiger partial charge in [-0.1, -0.05) is 172 Å². The van der Waals surface area contributed by atoms with Crippen molar-refractivity contribution in [2.75, 3.05) is 0 Å². The molecule has 7 nitrogen and oxygen atoms in total. The second kappa shape index (κ2) is 21.4. The molecule has 14 rings (SSSR count). The van der Waals surface area contributed by atoms with E-state index in [4.69, 9.17) is 140 Å². The summed E-state index contributed by atoms with van der Waals surface area (Å²) >= 11 is 0. The molecule has 21 heteroatoms. The van der Waals surface area contributed by atoms with E-state index in [9.17, 15) is 0 Å². The lowest BCUT2D eigenvalue weighted by Crippen LogP contribution is -2.57. The Morgan fingerprint density at radius 3 is 1.11 bits per heavy atom. The first-order chi connectivity index (χ1) is 42.0. The summed E-state index contributed by atoms with van der Waals surface area (Å²) in [5.41, 5.74) is 6.98. The fraction of sp³-hybridized carbons (Fsp3) is 0. The van der Waals surface area contributed by atoms with Gasteiger partial charge in [0.25, 0.3) is 0 Å². The van der Waals surface area contributed by atoms with E-state index in [1.807, 2.05) is 97.1 Å². The molecule has 0 aliphatic carbocycles. The molecule has 0 bridgehead atoms. The minimum absolute atomic E-state index is 0.00182. The Morgan fingerprint density at radius 1 is 0.230 bits per heavy atom. The Morgan fingerprint density at radius 2 is 0.586 bits per heavy atom. The number of nitrogens with zero attached hydrogens (tertiary/aromatic N) is 7. The largest absolute Gasteiger partial charge is 0.278 e. The predicted molar refractivity (Wildman–Crippen MR) is 373 cm³/mol. The van der Waals surface area contributed by atoms with Crippen molar-refractivity contribution in [3.63, 3.8) is 0 Å². The van der Waals surface area contributed by atoms with E-state index in [-0.39, 0.29) is 116 Å². The zero-order valence-electron chi connectivity index (χ0n) is 46.3. The molecule has 0 aliphatic rings. The number of hydrogen-bond donors (Lipinski definition) is 0. The van der Waals surface area contributed by atoms with Crippen LogP contribution in [0, 0.1) is 0 Å². The van der Waals surface area contributed by atoms with Gasteiger partial charge in [-0.2, -0.15) is 9.97 Å². The van der Waals surface area contributed by atoms with Gasteiger partial charge in [0.1, 0.15) is 110 Å². The summed E-state index contributed by atoms with van der Waals surface area (Å²) in [4.78, 5) is 31.4. The van der Waals surface area contributed by atoms with E-state index in [1.54, 1.807) is 0 Å². The average molecular weight is 1070 g/mol. The van der Waals surface area contributed by atoms with Gasteiger partial charge in [0.05, 0.1) is 11.0 Å². The fourth-order valence-electron chi connectivity index (χ4n) is 11.9. The molecule has 0 atom stereocenters. The zero-order chi connectivity index (χ0) is 60.4. The lowest BCUT2D eigenvalue weighted by atomic mass is 9.56. The molecule has 28 radical (unpaired) electrons. The van der Waals surface area contributed by atoms with Crippen molar-refractivity contribution < 1.29 is 0 Å². The van der Waals surface area contributed by atoms with Crippen LogP contribution in [-0.4, -0.2) is 144 Å². The maximum Gasteiger partial charge on any atom is 0.238 e. The Balaban J connectivity index is 1.07. The Bertz CT molecular complexity index is 5080. The second-order valence-corrected chi connectivity index (χ2v) is 21.2. The van der Waals surface area contributed by atoms with Crippen molar-refractivity contribution in [2.24, 2.45) is 0 Å². The summed E-state index contributed by atoms with van der Waals surface area (Å²) < 4.78 is 2.07. The molecule has 11 aromatic carbocycles. The van der Waals surface area contributed by atoms with Crippen molar-refractivity contribution in [2.45, 2.75) is 0 Å². The van der Waals surface area contributed by atoms with E-state index < -0.39 is 0 Å². The number of aromatic nitrogens is 7. The van der Waals surface area contributed by atoms with Crippen LogP contribution in [0.5, 0.6) is 0 Å². The molecule has 87 heavy (non-hydrogen) atoms. The van der Waals surface area contributed by atoms with E-state index in [0.29, 0.717) is 23.2 Å². The SMILES string of the molecule is [B]c1c([B])c([B])c(-c2nc(-c3c([B])c([B])c([B])c(-c4c([B])c([B])c([B])c([B])c4[B])c3[B])nc(-c3ccc4c5c3c3ccccc3c3cccc(c35)n4-c3nc(-c4cccc(-c5ccccc5)c4)nc(-c4cccc(-c5ccccc5)c4)n3)n2)c([B])c1[B]. The summed E-state index contributed by atoms with van der Waals surface area (Å²) in [5, 5.41) is 5.25. The summed E-state index contributed by atoms with van der Waals surface area (Å²) in [5.74, 6) is 1.20. The van der Waals surface area contributed by atoms with Crippen LogP contribution < -0.4 is 76.5 Å². The van der Waals surface area contributed by atoms with Crippen molar-refractivity contribution in [1.29, 1.82) is 0 Å². The van der Waals surface area contributed by atoms with Crippen LogP contribution in [0.1, 0.15) is 0 Å². The van der Waals surface area contributed by atoms with Gasteiger partial charge in [-0.15, -0.1) is 38.2 Å². The maximum absolute atomic E-state index is 7.22. The monoisotopic (exact) mass is 1070 g/mol. The van der Waals surface area contributed by atoms with E-state index in [1.165, 1.54) is 0 Å². The first kappa shape index (κ1) is 55.8. The molecule has 3 aromatic heterocycles. The molecule has 0 saturated carbocycles. The molecule has 3 heterocycles. The lowest BCUT2D eigenvalue weighted by molar-refractivity contribution is 0.954. The highest BCUT2D eigenvalue weighted by Crippen LogP contribution is 2.47. The van der Waals surface area contributed by atoms with Crippen molar-refractivity contribution in [1.82, 2.24) is 34.5 Å². The molecule has 0 amide bonds. The highest BCUT2D eigenvalue weighted by molar-refractivity contribution is 6.71. The summed E-state index contributed by atoms with van der Waals surface area (Å²) in [6.45, 7) is 0. The Hall–Kier alpha value is -9.07. The van der Waals surface area contributed by atoms with Crippen molar-refractivity contribution in [3.05, 3.63) is 164 Å². The van der Waals surface area contributed by atoms with Gasteiger partial charge in [-0.3, -0.25) is 4.57 Å². The quantitative estimate of drug-likeness (QED) is 0.142. The number of benzene rings is 11. The molecular formula is C66H27B14N7. The molecule has 0 unspecified atom stereocenters. The standard InChI is InChI=1S/C66H27B14N7/c67-47-43(44-49(69)55(75)59(79)56(76)50(44)70)48(68)54(74)51(71)45(47)64-82-63(83-65(84-64)46-52(72)57(77)60(80)58(78)53(46)73)37-24-25-39-42-40(37)35-21-8-7-20-34(35)36-22-11-23-38(41(36)42)87(39)66-85-61(32-18-9-16-30(26-32)28-12-3-1-4-13-28)81-62(86-66)33-19-10-17-31(27-33)29-14-5-2-6-15-29/h1-27H. The third-order valence-electron chi connectivity index (χ3n) is 16.4. The molecule has 14 aromatic rings. The first-order valence-electron chi connectivity index (χ1n) is 27.3. The van der Waals surface area contributed by atoms with E-state index >= 15 is 0 Å². The Labute approximate surface area is 521 Å². The molecule has 0 aliphatic heterocycles. The molecule has 0 saturated heterocycles.